The second kappa shape index (κ2) is 7.96. The van der Waals surface area contributed by atoms with Crippen molar-refractivity contribution in [3.8, 4) is 0 Å². The third-order valence-corrected chi connectivity index (χ3v) is 6.83. The molecule has 0 spiro atoms. The van der Waals surface area contributed by atoms with E-state index >= 15 is 0 Å². The van der Waals surface area contributed by atoms with Gasteiger partial charge in [0.2, 0.25) is 15.9 Å². The van der Waals surface area contributed by atoms with Gasteiger partial charge in [0.05, 0.1) is 10.9 Å². The molecule has 1 amide bonds. The molecule has 5 nitrogen and oxygen atoms in total. The third-order valence-electron chi connectivity index (χ3n) is 4.66. The maximum atomic E-state index is 13.1. The Hall–Kier alpha value is -1.96. The SMILES string of the molecule is C[C@H](NC(=O)[C@@H]1CCCN1S(=O)(=O)c1ccc(F)cc1)c1ccc(Cl)cc1. The summed E-state index contributed by atoms with van der Waals surface area (Å²) < 4.78 is 40.0. The maximum absolute atomic E-state index is 13.1. The number of rotatable bonds is 5. The van der Waals surface area contributed by atoms with E-state index in [-0.39, 0.29) is 23.4 Å². The first-order valence-corrected chi connectivity index (χ1v) is 10.4. The van der Waals surface area contributed by atoms with E-state index in [9.17, 15) is 17.6 Å². The number of carbonyl (C=O) groups excluding carboxylic acids is 1. The number of sulfonamides is 1. The lowest BCUT2D eigenvalue weighted by Crippen LogP contribution is -2.46. The van der Waals surface area contributed by atoms with Gasteiger partial charge in [-0.15, -0.1) is 0 Å². The highest BCUT2D eigenvalue weighted by Gasteiger charge is 2.39. The van der Waals surface area contributed by atoms with Gasteiger partial charge >= 0.3 is 0 Å². The van der Waals surface area contributed by atoms with Gasteiger partial charge in [0.15, 0.2) is 0 Å². The summed E-state index contributed by atoms with van der Waals surface area (Å²) in [6.07, 6.45) is 1.04. The van der Waals surface area contributed by atoms with E-state index in [4.69, 9.17) is 11.6 Å². The molecule has 0 aliphatic carbocycles. The Morgan fingerprint density at radius 3 is 2.44 bits per heavy atom. The van der Waals surface area contributed by atoms with Crippen LogP contribution < -0.4 is 5.32 Å². The zero-order valence-corrected chi connectivity index (χ0v) is 16.3. The van der Waals surface area contributed by atoms with Gasteiger partial charge < -0.3 is 5.32 Å². The minimum Gasteiger partial charge on any atom is -0.348 e. The minimum absolute atomic E-state index is 0.0191. The van der Waals surface area contributed by atoms with Crippen molar-refractivity contribution in [2.75, 3.05) is 6.54 Å². The molecule has 0 aromatic heterocycles. The lowest BCUT2D eigenvalue weighted by Gasteiger charge is -2.25. The molecule has 0 saturated carbocycles. The number of hydrogen-bond donors (Lipinski definition) is 1. The Balaban J connectivity index is 1.76. The number of hydrogen-bond acceptors (Lipinski definition) is 3. The fraction of sp³-hybridized carbons (Fsp3) is 0.316. The zero-order valence-electron chi connectivity index (χ0n) is 14.7. The minimum atomic E-state index is -3.87. The Morgan fingerprint density at radius 1 is 1.19 bits per heavy atom. The molecule has 1 N–H and O–H groups in total. The molecule has 0 unspecified atom stereocenters. The molecule has 144 valence electrons. The Bertz CT molecular complexity index is 917. The van der Waals surface area contributed by atoms with E-state index in [1.54, 1.807) is 12.1 Å². The summed E-state index contributed by atoms with van der Waals surface area (Å²) >= 11 is 5.88. The van der Waals surface area contributed by atoms with Crippen molar-refractivity contribution in [1.29, 1.82) is 0 Å². The molecular formula is C19H20ClFN2O3S. The Labute approximate surface area is 163 Å². The van der Waals surface area contributed by atoms with Crippen molar-refractivity contribution in [3.05, 3.63) is 64.9 Å². The average molecular weight is 411 g/mol. The van der Waals surface area contributed by atoms with Crippen molar-refractivity contribution in [2.24, 2.45) is 0 Å². The number of benzene rings is 2. The predicted molar refractivity (Wildman–Crippen MR) is 101 cm³/mol. The molecule has 1 aliphatic heterocycles. The third kappa shape index (κ3) is 4.31. The highest BCUT2D eigenvalue weighted by atomic mass is 35.5. The molecule has 0 bridgehead atoms. The van der Waals surface area contributed by atoms with Crippen LogP contribution in [0.15, 0.2) is 53.4 Å². The largest absolute Gasteiger partial charge is 0.348 e. The smallest absolute Gasteiger partial charge is 0.243 e. The first kappa shape index (κ1) is 19.8. The Morgan fingerprint density at radius 2 is 1.81 bits per heavy atom. The summed E-state index contributed by atoms with van der Waals surface area (Å²) in [4.78, 5) is 12.7. The van der Waals surface area contributed by atoms with Crippen molar-refractivity contribution in [1.82, 2.24) is 9.62 Å². The van der Waals surface area contributed by atoms with Crippen LogP contribution in [-0.4, -0.2) is 31.2 Å². The molecule has 2 aromatic rings. The average Bonchev–Trinajstić information content (AvgIpc) is 3.13. The normalized spacial score (nSPS) is 19.0. The molecule has 1 heterocycles. The monoisotopic (exact) mass is 410 g/mol. The van der Waals surface area contributed by atoms with Gasteiger partial charge in [0, 0.05) is 11.6 Å². The van der Waals surface area contributed by atoms with Crippen molar-refractivity contribution in [2.45, 2.75) is 36.7 Å². The molecule has 1 fully saturated rings. The molecule has 27 heavy (non-hydrogen) atoms. The first-order valence-electron chi connectivity index (χ1n) is 8.62. The number of nitrogens with one attached hydrogen (secondary N) is 1. The summed E-state index contributed by atoms with van der Waals surface area (Å²) in [5, 5.41) is 3.47. The Kier molecular flexibility index (Phi) is 5.83. The van der Waals surface area contributed by atoms with Gasteiger partial charge in [-0.1, -0.05) is 23.7 Å². The van der Waals surface area contributed by atoms with Crippen LogP contribution in [0.2, 0.25) is 5.02 Å². The maximum Gasteiger partial charge on any atom is 0.243 e. The van der Waals surface area contributed by atoms with Crippen LogP contribution in [0.1, 0.15) is 31.4 Å². The highest BCUT2D eigenvalue weighted by molar-refractivity contribution is 7.89. The summed E-state index contributed by atoms with van der Waals surface area (Å²) in [6.45, 7) is 2.09. The molecular weight excluding hydrogens is 391 g/mol. The highest BCUT2D eigenvalue weighted by Crippen LogP contribution is 2.27. The quantitative estimate of drug-likeness (QED) is 0.820. The molecule has 0 radical (unpaired) electrons. The number of nitrogens with zero attached hydrogens (tertiary/aromatic N) is 1. The summed E-state index contributed by atoms with van der Waals surface area (Å²) in [6, 6.07) is 10.7. The molecule has 8 heteroatoms. The van der Waals surface area contributed by atoms with E-state index in [1.165, 1.54) is 16.4 Å². The van der Waals surface area contributed by atoms with Crippen LogP contribution in [-0.2, 0) is 14.8 Å². The second-order valence-electron chi connectivity index (χ2n) is 6.51. The standard InChI is InChI=1S/C19H20ClFN2O3S/c1-13(14-4-6-15(20)7-5-14)22-19(24)18-3-2-12-23(18)27(25,26)17-10-8-16(21)9-11-17/h4-11,13,18H,2-3,12H2,1H3,(H,22,24)/t13-,18-/m0/s1. The molecule has 2 aromatic carbocycles. The van der Waals surface area contributed by atoms with Gasteiger partial charge in [0.1, 0.15) is 11.9 Å². The van der Waals surface area contributed by atoms with Crippen LogP contribution >= 0.6 is 11.6 Å². The van der Waals surface area contributed by atoms with Crippen molar-refractivity contribution < 1.29 is 17.6 Å². The van der Waals surface area contributed by atoms with Crippen LogP contribution in [0.5, 0.6) is 0 Å². The fourth-order valence-corrected chi connectivity index (χ4v) is 4.96. The predicted octanol–water partition coefficient (Wildman–Crippen LogP) is 3.51. The molecule has 1 saturated heterocycles. The fourth-order valence-electron chi connectivity index (χ4n) is 3.18. The van der Waals surface area contributed by atoms with Crippen LogP contribution in [0.3, 0.4) is 0 Å². The summed E-state index contributed by atoms with van der Waals surface area (Å²) in [5.74, 6) is -0.859. The zero-order chi connectivity index (χ0) is 19.6. The van der Waals surface area contributed by atoms with Crippen molar-refractivity contribution in [3.63, 3.8) is 0 Å². The van der Waals surface area contributed by atoms with E-state index in [2.05, 4.69) is 5.32 Å². The van der Waals surface area contributed by atoms with Gasteiger partial charge in [-0.05, 0) is 61.7 Å². The first-order chi connectivity index (χ1) is 12.8. The number of carbonyl (C=O) groups is 1. The lowest BCUT2D eigenvalue weighted by molar-refractivity contribution is -0.124. The van der Waals surface area contributed by atoms with E-state index in [0.717, 1.165) is 17.7 Å². The second-order valence-corrected chi connectivity index (χ2v) is 8.84. The lowest BCUT2D eigenvalue weighted by atomic mass is 10.1. The van der Waals surface area contributed by atoms with Crippen LogP contribution in [0.4, 0.5) is 4.39 Å². The van der Waals surface area contributed by atoms with E-state index < -0.39 is 21.9 Å². The molecule has 3 rings (SSSR count). The van der Waals surface area contributed by atoms with Crippen LogP contribution in [0, 0.1) is 5.82 Å². The summed E-state index contributed by atoms with van der Waals surface area (Å²) in [7, 11) is -3.87. The molecule has 1 aliphatic rings. The van der Waals surface area contributed by atoms with Crippen molar-refractivity contribution >= 4 is 27.5 Å². The number of amides is 1. The summed E-state index contributed by atoms with van der Waals surface area (Å²) in [5.41, 5.74) is 0.874. The van der Waals surface area contributed by atoms with Gasteiger partial charge in [-0.3, -0.25) is 4.79 Å². The van der Waals surface area contributed by atoms with Gasteiger partial charge in [0.25, 0.3) is 0 Å². The van der Waals surface area contributed by atoms with E-state index in [0.29, 0.717) is 17.9 Å². The van der Waals surface area contributed by atoms with E-state index in [1.807, 2.05) is 19.1 Å². The topological polar surface area (TPSA) is 66.5 Å². The van der Waals surface area contributed by atoms with Gasteiger partial charge in [-0.2, -0.15) is 4.31 Å². The molecule has 2 atom stereocenters. The van der Waals surface area contributed by atoms with Crippen LogP contribution in [0.25, 0.3) is 0 Å². The van der Waals surface area contributed by atoms with Gasteiger partial charge in [-0.25, -0.2) is 12.8 Å². The number of halogens is 2.